The van der Waals surface area contributed by atoms with Crippen LogP contribution in [0.1, 0.15) is 6.42 Å². The van der Waals surface area contributed by atoms with Gasteiger partial charge in [-0.05, 0) is 30.7 Å². The molecule has 0 amide bonds. The van der Waals surface area contributed by atoms with Gasteiger partial charge < -0.3 is 9.84 Å². The number of benzene rings is 1. The van der Waals surface area contributed by atoms with E-state index >= 15 is 0 Å². The monoisotopic (exact) mass is 266 g/mol. The van der Waals surface area contributed by atoms with Gasteiger partial charge in [-0.1, -0.05) is 0 Å². The van der Waals surface area contributed by atoms with Crippen molar-refractivity contribution in [3.05, 3.63) is 24.3 Å². The smallest absolute Gasteiger partial charge is 0.411 e. The summed E-state index contributed by atoms with van der Waals surface area (Å²) in [7, 11) is 0. The Labute approximate surface area is 102 Å². The van der Waals surface area contributed by atoms with Crippen LogP contribution < -0.4 is 0 Å². The molecule has 1 aromatic carbocycles. The van der Waals surface area contributed by atoms with Gasteiger partial charge in [0.25, 0.3) is 0 Å². The maximum absolute atomic E-state index is 11.7. The van der Waals surface area contributed by atoms with Crippen molar-refractivity contribution in [2.45, 2.75) is 17.5 Å². The van der Waals surface area contributed by atoms with E-state index in [0.29, 0.717) is 12.2 Å². The van der Waals surface area contributed by atoms with E-state index in [1.807, 2.05) is 0 Å². The number of rotatable bonds is 6. The van der Waals surface area contributed by atoms with Crippen LogP contribution >= 0.6 is 11.8 Å². The minimum atomic E-state index is -4.25. The van der Waals surface area contributed by atoms with Crippen LogP contribution in [-0.2, 0) is 4.74 Å². The molecule has 0 heterocycles. The SMILES string of the molecule is Oc1ccc(SCCCOCC(F)(F)F)cc1. The summed E-state index contributed by atoms with van der Waals surface area (Å²) in [5, 5.41) is 9.04. The number of aromatic hydroxyl groups is 1. The molecule has 0 aromatic heterocycles. The van der Waals surface area contributed by atoms with E-state index in [9.17, 15) is 13.2 Å². The largest absolute Gasteiger partial charge is 0.508 e. The van der Waals surface area contributed by atoms with Crippen LogP contribution in [0.25, 0.3) is 0 Å². The number of halogens is 3. The van der Waals surface area contributed by atoms with Gasteiger partial charge in [0.1, 0.15) is 12.4 Å². The van der Waals surface area contributed by atoms with Crippen LogP contribution in [0, 0.1) is 0 Å². The van der Waals surface area contributed by atoms with Gasteiger partial charge in [0.2, 0.25) is 0 Å². The number of alkyl halides is 3. The molecule has 0 saturated carbocycles. The topological polar surface area (TPSA) is 29.5 Å². The summed E-state index contributed by atoms with van der Waals surface area (Å²) in [4.78, 5) is 0.971. The molecule has 2 nitrogen and oxygen atoms in total. The van der Waals surface area contributed by atoms with Gasteiger partial charge in [-0.2, -0.15) is 13.2 Å². The number of ether oxygens (including phenoxy) is 1. The Bertz CT molecular complexity index is 324. The molecule has 1 aromatic rings. The van der Waals surface area contributed by atoms with Gasteiger partial charge in [-0.25, -0.2) is 0 Å². The lowest BCUT2D eigenvalue weighted by molar-refractivity contribution is -0.173. The van der Waals surface area contributed by atoms with Crippen molar-refractivity contribution in [2.75, 3.05) is 19.0 Å². The van der Waals surface area contributed by atoms with Crippen molar-refractivity contribution in [3.63, 3.8) is 0 Å². The van der Waals surface area contributed by atoms with Crippen LogP contribution in [0.4, 0.5) is 13.2 Å². The zero-order valence-electron chi connectivity index (χ0n) is 9.04. The van der Waals surface area contributed by atoms with Gasteiger partial charge in [0, 0.05) is 17.3 Å². The third kappa shape index (κ3) is 7.12. The second-order valence-corrected chi connectivity index (χ2v) is 4.53. The minimum Gasteiger partial charge on any atom is -0.508 e. The fourth-order valence-corrected chi connectivity index (χ4v) is 1.91. The van der Waals surface area contributed by atoms with E-state index in [1.54, 1.807) is 24.3 Å². The fourth-order valence-electron chi connectivity index (χ4n) is 1.08. The molecule has 0 aliphatic heterocycles. The van der Waals surface area contributed by atoms with Gasteiger partial charge >= 0.3 is 6.18 Å². The Morgan fingerprint density at radius 1 is 1.18 bits per heavy atom. The van der Waals surface area contributed by atoms with E-state index in [-0.39, 0.29) is 12.4 Å². The zero-order chi connectivity index (χ0) is 12.7. The number of hydrogen-bond acceptors (Lipinski definition) is 3. The van der Waals surface area contributed by atoms with Gasteiger partial charge in [0.15, 0.2) is 0 Å². The van der Waals surface area contributed by atoms with Gasteiger partial charge in [0.05, 0.1) is 0 Å². The molecule has 0 saturated heterocycles. The average Bonchev–Trinajstić information content (AvgIpc) is 2.24. The predicted molar refractivity (Wildman–Crippen MR) is 60.3 cm³/mol. The maximum Gasteiger partial charge on any atom is 0.411 e. The molecule has 0 atom stereocenters. The summed E-state index contributed by atoms with van der Waals surface area (Å²) in [6.07, 6.45) is -3.69. The van der Waals surface area contributed by atoms with Crippen molar-refractivity contribution in [1.29, 1.82) is 0 Å². The molecular formula is C11H13F3O2S. The second kappa shape index (κ2) is 6.76. The van der Waals surface area contributed by atoms with Crippen molar-refractivity contribution in [1.82, 2.24) is 0 Å². The number of phenolic OH excluding ortho intramolecular Hbond substituents is 1. The lowest BCUT2D eigenvalue weighted by Gasteiger charge is -2.07. The molecule has 17 heavy (non-hydrogen) atoms. The summed E-state index contributed by atoms with van der Waals surface area (Å²) < 4.78 is 39.6. The molecule has 0 unspecified atom stereocenters. The molecule has 96 valence electrons. The molecule has 0 bridgehead atoms. The molecule has 1 N–H and O–H groups in total. The van der Waals surface area contributed by atoms with Crippen LogP contribution in [0.5, 0.6) is 5.75 Å². The fraction of sp³-hybridized carbons (Fsp3) is 0.455. The first kappa shape index (κ1) is 14.2. The third-order valence-electron chi connectivity index (χ3n) is 1.80. The Morgan fingerprint density at radius 2 is 1.82 bits per heavy atom. The van der Waals surface area contributed by atoms with Gasteiger partial charge in [-0.15, -0.1) is 11.8 Å². The Balaban J connectivity index is 2.07. The van der Waals surface area contributed by atoms with Crippen molar-refractivity contribution >= 4 is 11.8 Å². The van der Waals surface area contributed by atoms with Crippen molar-refractivity contribution in [2.24, 2.45) is 0 Å². The van der Waals surface area contributed by atoms with Crippen molar-refractivity contribution < 1.29 is 23.0 Å². The summed E-state index contributed by atoms with van der Waals surface area (Å²) >= 11 is 1.51. The summed E-state index contributed by atoms with van der Waals surface area (Å²) in [6, 6.07) is 6.66. The summed E-state index contributed by atoms with van der Waals surface area (Å²) in [5.41, 5.74) is 0. The first-order valence-electron chi connectivity index (χ1n) is 5.04. The van der Waals surface area contributed by atoms with Gasteiger partial charge in [-0.3, -0.25) is 0 Å². The standard InChI is InChI=1S/C11H13F3O2S/c12-11(13,14)8-16-6-1-7-17-10-4-2-9(15)3-5-10/h2-5,15H,1,6-8H2. The first-order valence-corrected chi connectivity index (χ1v) is 6.02. The van der Waals surface area contributed by atoms with Crippen LogP contribution in [-0.4, -0.2) is 30.2 Å². The number of thioether (sulfide) groups is 1. The molecular weight excluding hydrogens is 253 g/mol. The third-order valence-corrected chi connectivity index (χ3v) is 2.90. The van der Waals surface area contributed by atoms with Crippen molar-refractivity contribution in [3.8, 4) is 5.75 Å². The highest BCUT2D eigenvalue weighted by Gasteiger charge is 2.27. The molecule has 0 aliphatic carbocycles. The Morgan fingerprint density at radius 3 is 2.41 bits per heavy atom. The lowest BCUT2D eigenvalue weighted by Crippen LogP contribution is -2.17. The van der Waals surface area contributed by atoms with E-state index in [1.165, 1.54) is 11.8 Å². The Kier molecular flexibility index (Phi) is 5.64. The lowest BCUT2D eigenvalue weighted by atomic mass is 10.3. The predicted octanol–water partition coefficient (Wildman–Crippen LogP) is 3.45. The first-order chi connectivity index (χ1) is 7.97. The maximum atomic E-state index is 11.7. The number of phenols is 1. The molecule has 1 rings (SSSR count). The van der Waals surface area contributed by atoms with Crippen LogP contribution in [0.3, 0.4) is 0 Å². The highest BCUT2D eigenvalue weighted by atomic mass is 32.2. The highest BCUT2D eigenvalue weighted by Crippen LogP contribution is 2.21. The highest BCUT2D eigenvalue weighted by molar-refractivity contribution is 7.99. The van der Waals surface area contributed by atoms with Crippen LogP contribution in [0.15, 0.2) is 29.2 Å². The number of hydrogen-bond donors (Lipinski definition) is 1. The molecule has 6 heteroatoms. The second-order valence-electron chi connectivity index (χ2n) is 3.36. The summed E-state index contributed by atoms with van der Waals surface area (Å²) in [6.45, 7) is -1.08. The van der Waals surface area contributed by atoms with E-state index in [2.05, 4.69) is 4.74 Å². The molecule has 0 spiro atoms. The quantitative estimate of drug-likeness (QED) is 0.631. The molecule has 0 aliphatic rings. The normalized spacial score (nSPS) is 11.7. The minimum absolute atomic E-state index is 0.102. The molecule has 0 fully saturated rings. The van der Waals surface area contributed by atoms with Crippen LogP contribution in [0.2, 0.25) is 0 Å². The average molecular weight is 266 g/mol. The molecule has 0 radical (unpaired) electrons. The van der Waals surface area contributed by atoms with E-state index in [4.69, 9.17) is 5.11 Å². The van der Waals surface area contributed by atoms with E-state index in [0.717, 1.165) is 4.90 Å². The Hall–Kier alpha value is -0.880. The summed E-state index contributed by atoms with van der Waals surface area (Å²) in [5.74, 6) is 0.880. The van der Waals surface area contributed by atoms with E-state index < -0.39 is 12.8 Å². The zero-order valence-corrected chi connectivity index (χ0v) is 9.85.